The summed E-state index contributed by atoms with van der Waals surface area (Å²) in [5.74, 6) is -0.720. The third-order valence-corrected chi connectivity index (χ3v) is 4.52. The zero-order valence-corrected chi connectivity index (χ0v) is 16.0. The van der Waals surface area contributed by atoms with Crippen molar-refractivity contribution in [3.05, 3.63) is 69.9 Å². The van der Waals surface area contributed by atoms with E-state index in [0.29, 0.717) is 5.70 Å². The van der Waals surface area contributed by atoms with Crippen molar-refractivity contribution in [2.24, 2.45) is 0 Å². The van der Waals surface area contributed by atoms with Crippen LogP contribution in [0.15, 0.2) is 53.7 Å². The van der Waals surface area contributed by atoms with E-state index in [-0.39, 0.29) is 34.3 Å². The molecule has 0 saturated heterocycles. The number of methoxy groups -OCH3 is 1. The topological polar surface area (TPSA) is 96.9 Å². The fourth-order valence-electron chi connectivity index (χ4n) is 2.97. The minimum atomic E-state index is -0.954. The van der Waals surface area contributed by atoms with Crippen LogP contribution in [0.25, 0.3) is 0 Å². The van der Waals surface area contributed by atoms with Gasteiger partial charge in [0.2, 0.25) is 0 Å². The number of carbonyl (C=O) groups excluding carboxylic acids is 2. The Hall–Kier alpha value is -3.19. The van der Waals surface area contributed by atoms with Gasteiger partial charge in [0.05, 0.1) is 18.7 Å². The van der Waals surface area contributed by atoms with E-state index < -0.39 is 18.0 Å². The quantitative estimate of drug-likeness (QED) is 0.666. The average Bonchev–Trinajstić information content (AvgIpc) is 2.67. The number of hydrogen-bond donors (Lipinski definition) is 3. The summed E-state index contributed by atoms with van der Waals surface area (Å²) in [6, 6.07) is 10.7. The summed E-state index contributed by atoms with van der Waals surface area (Å²) in [5.41, 5.74) is 1.54. The number of urea groups is 1. The molecule has 0 spiro atoms. The van der Waals surface area contributed by atoms with Gasteiger partial charge in [-0.1, -0.05) is 41.9 Å². The molecule has 0 saturated carbocycles. The summed E-state index contributed by atoms with van der Waals surface area (Å²) in [4.78, 5) is 24.8. The number of rotatable bonds is 5. The van der Waals surface area contributed by atoms with Crippen LogP contribution in [-0.2, 0) is 16.1 Å². The third kappa shape index (κ3) is 4.04. The Labute approximate surface area is 166 Å². The highest BCUT2D eigenvalue weighted by Crippen LogP contribution is 2.40. The number of amides is 2. The lowest BCUT2D eigenvalue weighted by Crippen LogP contribution is -2.45. The molecule has 0 bridgehead atoms. The second-order valence-corrected chi connectivity index (χ2v) is 6.61. The van der Waals surface area contributed by atoms with Gasteiger partial charge in [-0.3, -0.25) is 0 Å². The summed E-state index contributed by atoms with van der Waals surface area (Å²) in [5, 5.41) is 16.0. The van der Waals surface area contributed by atoms with E-state index in [1.54, 1.807) is 6.92 Å². The van der Waals surface area contributed by atoms with Gasteiger partial charge < -0.3 is 25.2 Å². The molecule has 0 fully saturated rings. The number of ether oxygens (including phenoxy) is 2. The lowest BCUT2D eigenvalue weighted by molar-refractivity contribution is -0.140. The number of benzene rings is 2. The molecule has 1 aliphatic heterocycles. The monoisotopic (exact) mass is 402 g/mol. The molecule has 2 amide bonds. The second-order valence-electron chi connectivity index (χ2n) is 6.18. The SMILES string of the molecule is COc1cc(Cl)cc(C2NC(=O)NC(C)=C2C(=O)OCc2ccccc2)c1O. The lowest BCUT2D eigenvalue weighted by atomic mass is 9.94. The molecule has 3 N–H and O–H groups in total. The number of phenolic OH excluding ortho intramolecular Hbond substituents is 1. The van der Waals surface area contributed by atoms with Gasteiger partial charge in [-0.15, -0.1) is 0 Å². The normalized spacial score (nSPS) is 16.2. The van der Waals surface area contributed by atoms with Gasteiger partial charge in [0.15, 0.2) is 11.5 Å². The minimum absolute atomic E-state index is 0.0714. The zero-order chi connectivity index (χ0) is 20.3. The summed E-state index contributed by atoms with van der Waals surface area (Å²) in [6.45, 7) is 1.66. The standard InChI is InChI=1S/C20H19ClN2O5/c1-11-16(19(25)28-10-12-6-4-3-5-7-12)17(23-20(26)22-11)14-8-13(21)9-15(27-2)18(14)24/h3-9,17,24H,10H2,1-2H3,(H2,22,23,26). The number of esters is 1. The summed E-state index contributed by atoms with van der Waals surface area (Å²) in [6.07, 6.45) is 0. The molecular formula is C20H19ClN2O5. The number of allylic oxidation sites excluding steroid dienone is 1. The minimum Gasteiger partial charge on any atom is -0.504 e. The van der Waals surface area contributed by atoms with Gasteiger partial charge in [-0.25, -0.2) is 9.59 Å². The molecule has 28 heavy (non-hydrogen) atoms. The molecule has 2 aromatic carbocycles. The molecule has 1 aliphatic rings. The molecule has 1 unspecified atom stereocenters. The molecule has 8 heteroatoms. The highest BCUT2D eigenvalue weighted by atomic mass is 35.5. The van der Waals surface area contributed by atoms with Gasteiger partial charge in [0.1, 0.15) is 6.61 Å². The first-order chi connectivity index (χ1) is 13.4. The van der Waals surface area contributed by atoms with Crippen molar-refractivity contribution < 1.29 is 24.2 Å². The lowest BCUT2D eigenvalue weighted by Gasteiger charge is -2.29. The Morgan fingerprint density at radius 1 is 1.25 bits per heavy atom. The molecule has 146 valence electrons. The van der Waals surface area contributed by atoms with Crippen LogP contribution < -0.4 is 15.4 Å². The van der Waals surface area contributed by atoms with Crippen LogP contribution in [0.3, 0.4) is 0 Å². The van der Waals surface area contributed by atoms with E-state index in [1.807, 2.05) is 30.3 Å². The van der Waals surface area contributed by atoms with Crippen molar-refractivity contribution in [3.8, 4) is 11.5 Å². The van der Waals surface area contributed by atoms with Crippen LogP contribution in [-0.4, -0.2) is 24.2 Å². The number of hydrogen-bond acceptors (Lipinski definition) is 5. The smallest absolute Gasteiger partial charge is 0.338 e. The largest absolute Gasteiger partial charge is 0.504 e. The van der Waals surface area contributed by atoms with E-state index in [2.05, 4.69) is 10.6 Å². The Balaban J connectivity index is 1.95. The van der Waals surface area contributed by atoms with Crippen molar-refractivity contribution in [2.75, 3.05) is 7.11 Å². The van der Waals surface area contributed by atoms with Crippen molar-refractivity contribution >= 4 is 23.6 Å². The van der Waals surface area contributed by atoms with Crippen LogP contribution in [0.4, 0.5) is 4.79 Å². The predicted octanol–water partition coefficient (Wildman–Crippen LogP) is 3.43. The number of aromatic hydroxyl groups is 1. The van der Waals surface area contributed by atoms with E-state index in [4.69, 9.17) is 21.1 Å². The van der Waals surface area contributed by atoms with Crippen LogP contribution >= 0.6 is 11.6 Å². The second kappa shape index (κ2) is 8.22. The Bertz CT molecular complexity index is 943. The van der Waals surface area contributed by atoms with Crippen LogP contribution in [0.2, 0.25) is 5.02 Å². The van der Waals surface area contributed by atoms with Crippen LogP contribution in [0.1, 0.15) is 24.1 Å². The first kappa shape index (κ1) is 19.6. The molecule has 7 nitrogen and oxygen atoms in total. The number of halogens is 1. The van der Waals surface area contributed by atoms with Crippen molar-refractivity contribution in [3.63, 3.8) is 0 Å². The maximum Gasteiger partial charge on any atom is 0.338 e. The highest BCUT2D eigenvalue weighted by Gasteiger charge is 2.34. The van der Waals surface area contributed by atoms with Crippen molar-refractivity contribution in [2.45, 2.75) is 19.6 Å². The molecule has 0 radical (unpaired) electrons. The van der Waals surface area contributed by atoms with E-state index in [1.165, 1.54) is 19.2 Å². The molecule has 1 atom stereocenters. The summed E-state index contributed by atoms with van der Waals surface area (Å²) in [7, 11) is 1.38. The summed E-state index contributed by atoms with van der Waals surface area (Å²) >= 11 is 6.11. The van der Waals surface area contributed by atoms with E-state index in [9.17, 15) is 14.7 Å². The van der Waals surface area contributed by atoms with E-state index in [0.717, 1.165) is 5.56 Å². The highest BCUT2D eigenvalue weighted by molar-refractivity contribution is 6.30. The fourth-order valence-corrected chi connectivity index (χ4v) is 3.19. The Morgan fingerprint density at radius 3 is 2.64 bits per heavy atom. The fraction of sp³-hybridized carbons (Fsp3) is 0.200. The Morgan fingerprint density at radius 2 is 1.96 bits per heavy atom. The first-order valence-electron chi connectivity index (χ1n) is 8.46. The maximum absolute atomic E-state index is 12.8. The molecule has 0 aliphatic carbocycles. The predicted molar refractivity (Wildman–Crippen MR) is 103 cm³/mol. The van der Waals surface area contributed by atoms with Gasteiger partial charge in [-0.2, -0.15) is 0 Å². The number of nitrogens with one attached hydrogen (secondary N) is 2. The van der Waals surface area contributed by atoms with E-state index >= 15 is 0 Å². The van der Waals surface area contributed by atoms with Gasteiger partial charge >= 0.3 is 12.0 Å². The first-order valence-corrected chi connectivity index (χ1v) is 8.84. The molecular weight excluding hydrogens is 384 g/mol. The van der Waals surface area contributed by atoms with Crippen molar-refractivity contribution in [1.29, 1.82) is 0 Å². The summed E-state index contributed by atoms with van der Waals surface area (Å²) < 4.78 is 10.5. The zero-order valence-electron chi connectivity index (χ0n) is 15.3. The number of phenols is 1. The van der Waals surface area contributed by atoms with Crippen molar-refractivity contribution in [1.82, 2.24) is 10.6 Å². The van der Waals surface area contributed by atoms with Gasteiger partial charge in [-0.05, 0) is 18.6 Å². The van der Waals surface area contributed by atoms with Crippen LogP contribution in [0.5, 0.6) is 11.5 Å². The maximum atomic E-state index is 12.8. The third-order valence-electron chi connectivity index (χ3n) is 4.30. The average molecular weight is 403 g/mol. The van der Waals surface area contributed by atoms with Gasteiger partial charge in [0, 0.05) is 22.3 Å². The molecule has 0 aromatic heterocycles. The Kier molecular flexibility index (Phi) is 5.75. The molecule has 2 aromatic rings. The molecule has 3 rings (SSSR count). The number of carbonyl (C=O) groups is 2. The van der Waals surface area contributed by atoms with Crippen LogP contribution in [0, 0.1) is 0 Å². The van der Waals surface area contributed by atoms with Gasteiger partial charge in [0.25, 0.3) is 0 Å². The molecule has 1 heterocycles.